The highest BCUT2D eigenvalue weighted by Gasteiger charge is 2.32. The zero-order valence-corrected chi connectivity index (χ0v) is 15.3. The minimum atomic E-state index is -0.948. The van der Waals surface area contributed by atoms with E-state index in [4.69, 9.17) is 9.47 Å². The first-order valence-electron chi connectivity index (χ1n) is 8.62. The Hall–Kier alpha value is -3.22. The summed E-state index contributed by atoms with van der Waals surface area (Å²) in [5.41, 5.74) is 2.45. The molecule has 1 aliphatic rings. The topological polar surface area (TPSA) is 88.1 Å². The fourth-order valence-corrected chi connectivity index (χ4v) is 3.37. The van der Waals surface area contributed by atoms with Crippen LogP contribution in [0.5, 0.6) is 11.5 Å². The Morgan fingerprint density at radius 3 is 2.67 bits per heavy atom. The van der Waals surface area contributed by atoms with Gasteiger partial charge < -0.3 is 24.8 Å². The molecular formula is C20H22N2O5. The smallest absolute Gasteiger partial charge is 0.322 e. The molecule has 7 heteroatoms. The maximum atomic E-state index is 12.9. The summed E-state index contributed by atoms with van der Waals surface area (Å²) in [4.78, 5) is 25.9. The van der Waals surface area contributed by atoms with E-state index in [1.54, 1.807) is 30.2 Å². The highest BCUT2D eigenvalue weighted by molar-refractivity contribution is 5.92. The van der Waals surface area contributed by atoms with Crippen LogP contribution in [0.15, 0.2) is 42.5 Å². The predicted molar refractivity (Wildman–Crippen MR) is 100 cm³/mol. The first-order valence-corrected chi connectivity index (χ1v) is 8.62. The summed E-state index contributed by atoms with van der Waals surface area (Å²) < 4.78 is 10.5. The van der Waals surface area contributed by atoms with E-state index >= 15 is 0 Å². The lowest BCUT2D eigenvalue weighted by Gasteiger charge is -2.36. The van der Waals surface area contributed by atoms with Crippen LogP contribution in [0, 0.1) is 0 Å². The summed E-state index contributed by atoms with van der Waals surface area (Å²) in [5, 5.41) is 12.2. The number of hydrogen-bond acceptors (Lipinski definition) is 4. The molecule has 0 unspecified atom stereocenters. The van der Waals surface area contributed by atoms with Gasteiger partial charge in [0.25, 0.3) is 0 Å². The molecule has 142 valence electrons. The Kier molecular flexibility index (Phi) is 5.49. The zero-order chi connectivity index (χ0) is 19.4. The zero-order valence-electron chi connectivity index (χ0n) is 15.3. The van der Waals surface area contributed by atoms with Crippen molar-refractivity contribution >= 4 is 17.7 Å². The van der Waals surface area contributed by atoms with E-state index < -0.39 is 12.0 Å². The number of methoxy groups -OCH3 is 2. The fraction of sp³-hybridized carbons (Fsp3) is 0.300. The number of rotatable bonds is 5. The first kappa shape index (κ1) is 18.6. The number of carbonyl (C=O) groups excluding carboxylic acids is 1. The van der Waals surface area contributed by atoms with Crippen molar-refractivity contribution in [1.29, 1.82) is 0 Å². The summed E-state index contributed by atoms with van der Waals surface area (Å²) in [6.07, 6.45) is 0.531. The van der Waals surface area contributed by atoms with E-state index in [0.717, 1.165) is 11.1 Å². The van der Waals surface area contributed by atoms with Gasteiger partial charge in [0.1, 0.15) is 11.5 Å². The Balaban J connectivity index is 1.86. The van der Waals surface area contributed by atoms with Crippen molar-refractivity contribution in [3.05, 3.63) is 53.6 Å². The van der Waals surface area contributed by atoms with Gasteiger partial charge in [-0.3, -0.25) is 4.79 Å². The van der Waals surface area contributed by atoms with Gasteiger partial charge in [-0.25, -0.2) is 4.79 Å². The number of hydrogen-bond donors (Lipinski definition) is 2. The third kappa shape index (κ3) is 3.97. The van der Waals surface area contributed by atoms with E-state index in [9.17, 15) is 14.7 Å². The van der Waals surface area contributed by atoms with Crippen molar-refractivity contribution in [2.45, 2.75) is 18.9 Å². The summed E-state index contributed by atoms with van der Waals surface area (Å²) in [7, 11) is 3.06. The molecule has 2 amide bonds. The Bertz CT molecular complexity index is 852. The van der Waals surface area contributed by atoms with Crippen molar-refractivity contribution in [3.8, 4) is 11.5 Å². The molecule has 0 spiro atoms. The van der Waals surface area contributed by atoms with Crippen LogP contribution in [0.25, 0.3) is 0 Å². The number of anilines is 1. The second-order valence-electron chi connectivity index (χ2n) is 6.25. The number of aliphatic carboxylic acids is 1. The molecule has 2 N–H and O–H groups in total. The molecule has 27 heavy (non-hydrogen) atoms. The molecule has 0 bridgehead atoms. The fourth-order valence-electron chi connectivity index (χ4n) is 3.37. The van der Waals surface area contributed by atoms with Gasteiger partial charge in [0.15, 0.2) is 0 Å². The van der Waals surface area contributed by atoms with Gasteiger partial charge in [-0.05, 0) is 29.7 Å². The molecule has 7 nitrogen and oxygen atoms in total. The van der Waals surface area contributed by atoms with Crippen LogP contribution in [0.4, 0.5) is 10.5 Å². The lowest BCUT2D eigenvalue weighted by molar-refractivity contribution is -0.138. The number of amides is 2. The third-order valence-corrected chi connectivity index (χ3v) is 4.69. The quantitative estimate of drug-likeness (QED) is 0.843. The first-order chi connectivity index (χ1) is 13.0. The minimum Gasteiger partial charge on any atom is -0.497 e. The normalized spacial score (nSPS) is 15.6. The molecule has 0 saturated carbocycles. The van der Waals surface area contributed by atoms with Crippen LogP contribution < -0.4 is 14.8 Å². The summed E-state index contributed by atoms with van der Waals surface area (Å²) in [6, 6.07) is 11.9. The second-order valence-corrected chi connectivity index (χ2v) is 6.25. The van der Waals surface area contributed by atoms with Gasteiger partial charge in [-0.2, -0.15) is 0 Å². The SMILES string of the molecule is COc1ccc(NC(=O)N2CCc3ccccc3[C@@H]2CC(=O)O)c(OC)c1. The average Bonchev–Trinajstić information content (AvgIpc) is 2.68. The number of carboxylic acid groups (broad SMARTS) is 1. The molecular weight excluding hydrogens is 348 g/mol. The Morgan fingerprint density at radius 1 is 1.19 bits per heavy atom. The summed E-state index contributed by atoms with van der Waals surface area (Å²) in [5.74, 6) is 0.131. The van der Waals surface area contributed by atoms with Crippen molar-refractivity contribution in [2.24, 2.45) is 0 Å². The van der Waals surface area contributed by atoms with E-state index in [-0.39, 0.29) is 12.5 Å². The number of benzene rings is 2. The number of nitrogens with zero attached hydrogens (tertiary/aromatic N) is 1. The number of carbonyl (C=O) groups is 2. The summed E-state index contributed by atoms with van der Waals surface area (Å²) >= 11 is 0. The van der Waals surface area contributed by atoms with Crippen LogP contribution in [0.1, 0.15) is 23.6 Å². The highest BCUT2D eigenvalue weighted by Crippen LogP contribution is 2.34. The van der Waals surface area contributed by atoms with Crippen molar-refractivity contribution in [2.75, 3.05) is 26.1 Å². The third-order valence-electron chi connectivity index (χ3n) is 4.69. The molecule has 2 aromatic carbocycles. The largest absolute Gasteiger partial charge is 0.497 e. The molecule has 1 aliphatic heterocycles. The Morgan fingerprint density at radius 2 is 1.96 bits per heavy atom. The molecule has 1 atom stereocenters. The molecule has 0 aromatic heterocycles. The number of carboxylic acids is 1. The monoisotopic (exact) mass is 370 g/mol. The number of urea groups is 1. The maximum absolute atomic E-state index is 12.9. The summed E-state index contributed by atoms with van der Waals surface area (Å²) in [6.45, 7) is 0.444. The van der Waals surface area contributed by atoms with E-state index in [1.807, 2.05) is 24.3 Å². The molecule has 1 heterocycles. The minimum absolute atomic E-state index is 0.149. The Labute approximate surface area is 157 Å². The van der Waals surface area contributed by atoms with Crippen molar-refractivity contribution in [3.63, 3.8) is 0 Å². The van der Waals surface area contributed by atoms with E-state index in [2.05, 4.69) is 5.32 Å². The van der Waals surface area contributed by atoms with E-state index in [1.165, 1.54) is 7.11 Å². The van der Waals surface area contributed by atoms with Gasteiger partial charge in [-0.1, -0.05) is 24.3 Å². The molecule has 0 fully saturated rings. The highest BCUT2D eigenvalue weighted by atomic mass is 16.5. The average molecular weight is 370 g/mol. The maximum Gasteiger partial charge on any atom is 0.322 e. The number of ether oxygens (including phenoxy) is 2. The second kappa shape index (κ2) is 7.99. The molecule has 0 saturated heterocycles. The van der Waals surface area contributed by atoms with Gasteiger partial charge >= 0.3 is 12.0 Å². The van der Waals surface area contributed by atoms with Crippen molar-refractivity contribution < 1.29 is 24.2 Å². The predicted octanol–water partition coefficient (Wildman–Crippen LogP) is 3.31. The van der Waals surface area contributed by atoms with Gasteiger partial charge in [0, 0.05) is 12.6 Å². The van der Waals surface area contributed by atoms with E-state index in [0.29, 0.717) is 30.2 Å². The lowest BCUT2D eigenvalue weighted by atomic mass is 9.91. The van der Waals surface area contributed by atoms with Crippen LogP contribution in [0.2, 0.25) is 0 Å². The number of nitrogens with one attached hydrogen (secondary N) is 1. The molecule has 0 radical (unpaired) electrons. The van der Waals surface area contributed by atoms with Gasteiger partial charge in [-0.15, -0.1) is 0 Å². The van der Waals surface area contributed by atoms with Crippen molar-refractivity contribution in [1.82, 2.24) is 4.90 Å². The van der Waals surface area contributed by atoms with Crippen LogP contribution in [-0.2, 0) is 11.2 Å². The number of fused-ring (bicyclic) bond motifs is 1. The molecule has 2 aromatic rings. The van der Waals surface area contributed by atoms with Crippen LogP contribution >= 0.6 is 0 Å². The standard InChI is InChI=1S/C20H22N2O5/c1-26-14-7-8-16(18(11-14)27-2)21-20(25)22-10-9-13-5-3-4-6-15(13)17(22)12-19(23)24/h3-8,11,17H,9-10,12H2,1-2H3,(H,21,25)(H,23,24)/t17-/m0/s1. The molecule has 0 aliphatic carbocycles. The lowest BCUT2D eigenvalue weighted by Crippen LogP contribution is -2.43. The van der Waals surface area contributed by atoms with Crippen LogP contribution in [0.3, 0.4) is 0 Å². The molecule has 3 rings (SSSR count). The van der Waals surface area contributed by atoms with Gasteiger partial charge in [0.05, 0.1) is 32.4 Å². The van der Waals surface area contributed by atoms with Crippen LogP contribution in [-0.4, -0.2) is 42.8 Å². The van der Waals surface area contributed by atoms with Gasteiger partial charge in [0.2, 0.25) is 0 Å².